The van der Waals surface area contributed by atoms with Crippen molar-refractivity contribution in [2.45, 2.75) is 31.3 Å². The molecular weight excluding hydrogens is 220 g/mol. The zero-order valence-corrected chi connectivity index (χ0v) is 10.9. The molecule has 2 N–H and O–H groups in total. The fourth-order valence-electron chi connectivity index (χ4n) is 2.13. The molecule has 0 aromatic carbocycles. The highest BCUT2D eigenvalue weighted by Gasteiger charge is 2.30. The van der Waals surface area contributed by atoms with E-state index in [1.54, 1.807) is 7.05 Å². The van der Waals surface area contributed by atoms with E-state index < -0.39 is 5.60 Å². The summed E-state index contributed by atoms with van der Waals surface area (Å²) in [5.74, 6) is 0.0724. The van der Waals surface area contributed by atoms with E-state index in [4.69, 9.17) is 4.74 Å². The number of carbonyl (C=O) groups is 1. The number of rotatable bonds is 6. The van der Waals surface area contributed by atoms with Gasteiger partial charge in [0.15, 0.2) is 0 Å². The van der Waals surface area contributed by atoms with Gasteiger partial charge in [0.25, 0.3) is 0 Å². The zero-order chi connectivity index (χ0) is 12.7. The minimum atomic E-state index is -0.611. The maximum atomic E-state index is 11.1. The van der Waals surface area contributed by atoms with E-state index in [1.807, 2.05) is 7.05 Å². The van der Waals surface area contributed by atoms with Gasteiger partial charge in [-0.05, 0) is 20.0 Å². The minimum Gasteiger partial charge on any atom is -0.388 e. The molecule has 0 atom stereocenters. The summed E-state index contributed by atoms with van der Waals surface area (Å²) in [6, 6.07) is 0. The van der Waals surface area contributed by atoms with Crippen molar-refractivity contribution in [3.8, 4) is 0 Å². The normalized spacial score (nSPS) is 19.3. The molecule has 0 radical (unpaired) electrons. The van der Waals surface area contributed by atoms with Crippen LogP contribution in [0.2, 0.25) is 0 Å². The van der Waals surface area contributed by atoms with Crippen molar-refractivity contribution in [3.05, 3.63) is 0 Å². The fraction of sp³-hybridized carbons (Fsp3) is 0.917. The number of amides is 1. The van der Waals surface area contributed by atoms with Crippen LogP contribution in [-0.4, -0.2) is 61.9 Å². The van der Waals surface area contributed by atoms with Crippen molar-refractivity contribution in [2.24, 2.45) is 0 Å². The molecule has 0 saturated carbocycles. The summed E-state index contributed by atoms with van der Waals surface area (Å²) >= 11 is 0. The van der Waals surface area contributed by atoms with E-state index in [0.29, 0.717) is 39.0 Å². The Balaban J connectivity index is 2.19. The van der Waals surface area contributed by atoms with Crippen LogP contribution in [0.25, 0.3) is 0 Å². The molecule has 1 amide bonds. The lowest BCUT2D eigenvalue weighted by molar-refractivity contribution is -0.120. The van der Waals surface area contributed by atoms with Gasteiger partial charge in [0.1, 0.15) is 0 Å². The standard InChI is InChI=1S/C12H24N2O3/c1-13-11(15)4-3-7-14(2)10-12(16)5-8-17-9-6-12/h16H,3-10H2,1-2H3,(H,13,15). The molecule has 5 nitrogen and oxygen atoms in total. The summed E-state index contributed by atoms with van der Waals surface area (Å²) < 4.78 is 5.24. The van der Waals surface area contributed by atoms with Crippen LogP contribution in [0.15, 0.2) is 0 Å². The van der Waals surface area contributed by atoms with E-state index in [2.05, 4.69) is 10.2 Å². The van der Waals surface area contributed by atoms with Crippen LogP contribution in [0.5, 0.6) is 0 Å². The molecule has 1 saturated heterocycles. The second kappa shape index (κ2) is 6.93. The Morgan fingerprint density at radius 3 is 2.71 bits per heavy atom. The number of carbonyl (C=O) groups excluding carboxylic acids is 1. The van der Waals surface area contributed by atoms with Gasteiger partial charge in [-0.2, -0.15) is 0 Å². The van der Waals surface area contributed by atoms with Gasteiger partial charge in [0.2, 0.25) is 5.91 Å². The van der Waals surface area contributed by atoms with Gasteiger partial charge in [-0.25, -0.2) is 0 Å². The van der Waals surface area contributed by atoms with Crippen molar-refractivity contribution < 1.29 is 14.6 Å². The zero-order valence-electron chi connectivity index (χ0n) is 10.9. The number of ether oxygens (including phenoxy) is 1. The second-order valence-electron chi connectivity index (χ2n) is 4.85. The molecule has 0 spiro atoms. The summed E-state index contributed by atoms with van der Waals surface area (Å²) in [4.78, 5) is 13.1. The van der Waals surface area contributed by atoms with E-state index in [0.717, 1.165) is 13.0 Å². The first kappa shape index (κ1) is 14.4. The summed E-state index contributed by atoms with van der Waals surface area (Å²) in [5.41, 5.74) is -0.611. The molecule has 0 unspecified atom stereocenters. The topological polar surface area (TPSA) is 61.8 Å². The molecule has 5 heteroatoms. The van der Waals surface area contributed by atoms with Crippen LogP contribution in [0.4, 0.5) is 0 Å². The molecule has 1 aliphatic heterocycles. The Morgan fingerprint density at radius 1 is 1.47 bits per heavy atom. The third kappa shape index (κ3) is 5.48. The summed E-state index contributed by atoms with van der Waals surface area (Å²) in [6.45, 7) is 2.77. The first-order chi connectivity index (χ1) is 8.06. The maximum absolute atomic E-state index is 11.1. The number of hydrogen-bond donors (Lipinski definition) is 2. The highest BCUT2D eigenvalue weighted by molar-refractivity contribution is 5.75. The highest BCUT2D eigenvalue weighted by atomic mass is 16.5. The van der Waals surface area contributed by atoms with Crippen LogP contribution < -0.4 is 5.32 Å². The second-order valence-corrected chi connectivity index (χ2v) is 4.85. The van der Waals surface area contributed by atoms with Crippen LogP contribution in [0.1, 0.15) is 25.7 Å². The Labute approximate surface area is 103 Å². The first-order valence-electron chi connectivity index (χ1n) is 6.25. The van der Waals surface area contributed by atoms with Gasteiger partial charge >= 0.3 is 0 Å². The summed E-state index contributed by atoms with van der Waals surface area (Å²) in [5, 5.41) is 12.9. The maximum Gasteiger partial charge on any atom is 0.219 e. The molecule has 0 aromatic rings. The minimum absolute atomic E-state index is 0.0724. The Kier molecular flexibility index (Phi) is 5.88. The molecule has 1 aliphatic rings. The largest absolute Gasteiger partial charge is 0.388 e. The van der Waals surface area contributed by atoms with E-state index in [9.17, 15) is 9.90 Å². The molecule has 0 aromatic heterocycles. The molecular formula is C12H24N2O3. The SMILES string of the molecule is CNC(=O)CCCN(C)CC1(O)CCOCC1. The van der Waals surface area contributed by atoms with Crippen molar-refractivity contribution >= 4 is 5.91 Å². The number of nitrogens with one attached hydrogen (secondary N) is 1. The molecule has 1 fully saturated rings. The number of aliphatic hydroxyl groups is 1. The lowest BCUT2D eigenvalue weighted by atomic mass is 9.94. The molecule has 1 heterocycles. The first-order valence-corrected chi connectivity index (χ1v) is 6.25. The Hall–Kier alpha value is -0.650. The van der Waals surface area contributed by atoms with Crippen LogP contribution in [0, 0.1) is 0 Å². The van der Waals surface area contributed by atoms with Gasteiger partial charge in [0.05, 0.1) is 5.60 Å². The predicted octanol–water partition coefficient (Wildman–Crippen LogP) is -0.0141. The van der Waals surface area contributed by atoms with Crippen molar-refractivity contribution in [3.63, 3.8) is 0 Å². The fourth-order valence-corrected chi connectivity index (χ4v) is 2.13. The van der Waals surface area contributed by atoms with Crippen LogP contribution >= 0.6 is 0 Å². The lowest BCUT2D eigenvalue weighted by Crippen LogP contribution is -2.45. The average molecular weight is 244 g/mol. The predicted molar refractivity (Wildman–Crippen MR) is 65.8 cm³/mol. The third-order valence-corrected chi connectivity index (χ3v) is 3.21. The molecule has 100 valence electrons. The summed E-state index contributed by atoms with van der Waals surface area (Å²) in [6.07, 6.45) is 2.77. The number of hydrogen-bond acceptors (Lipinski definition) is 4. The molecule has 1 rings (SSSR count). The summed E-state index contributed by atoms with van der Waals surface area (Å²) in [7, 11) is 3.63. The van der Waals surface area contributed by atoms with Gasteiger partial charge in [-0.3, -0.25) is 4.79 Å². The van der Waals surface area contributed by atoms with Crippen LogP contribution in [0.3, 0.4) is 0 Å². The van der Waals surface area contributed by atoms with Crippen molar-refractivity contribution in [1.29, 1.82) is 0 Å². The molecule has 0 bridgehead atoms. The lowest BCUT2D eigenvalue weighted by Gasteiger charge is -2.35. The number of likely N-dealkylation sites (N-methyl/N-ethyl adjacent to an activating group) is 1. The average Bonchev–Trinajstić information content (AvgIpc) is 2.29. The molecule has 17 heavy (non-hydrogen) atoms. The Bertz CT molecular complexity index is 240. The van der Waals surface area contributed by atoms with Crippen LogP contribution in [-0.2, 0) is 9.53 Å². The smallest absolute Gasteiger partial charge is 0.219 e. The Morgan fingerprint density at radius 2 is 2.12 bits per heavy atom. The van der Waals surface area contributed by atoms with Crippen molar-refractivity contribution in [2.75, 3.05) is 40.4 Å². The van der Waals surface area contributed by atoms with Gasteiger partial charge in [-0.1, -0.05) is 0 Å². The molecule has 0 aliphatic carbocycles. The highest BCUT2D eigenvalue weighted by Crippen LogP contribution is 2.21. The van der Waals surface area contributed by atoms with Gasteiger partial charge < -0.3 is 20.1 Å². The van der Waals surface area contributed by atoms with Crippen molar-refractivity contribution in [1.82, 2.24) is 10.2 Å². The number of nitrogens with zero attached hydrogens (tertiary/aromatic N) is 1. The quantitative estimate of drug-likeness (QED) is 0.689. The van der Waals surface area contributed by atoms with E-state index >= 15 is 0 Å². The van der Waals surface area contributed by atoms with Gasteiger partial charge in [0, 0.05) is 46.1 Å². The van der Waals surface area contributed by atoms with E-state index in [-0.39, 0.29) is 5.91 Å². The van der Waals surface area contributed by atoms with Gasteiger partial charge in [-0.15, -0.1) is 0 Å². The third-order valence-electron chi connectivity index (χ3n) is 3.21. The van der Waals surface area contributed by atoms with E-state index in [1.165, 1.54) is 0 Å². The monoisotopic (exact) mass is 244 g/mol.